The Morgan fingerprint density at radius 3 is 2.62 bits per heavy atom. The van der Waals surface area contributed by atoms with Crippen LogP contribution in [-0.2, 0) is 5.75 Å². The summed E-state index contributed by atoms with van der Waals surface area (Å²) in [6, 6.07) is 3.35. The third-order valence-electron chi connectivity index (χ3n) is 3.24. The molecule has 0 aliphatic rings. The zero-order valence-corrected chi connectivity index (χ0v) is 15.1. The lowest BCUT2D eigenvalue weighted by Gasteiger charge is -2.10. The van der Waals surface area contributed by atoms with Crippen LogP contribution in [0.3, 0.4) is 0 Å². The smallest absolute Gasteiger partial charge is 0.258 e. The number of aliphatic imine (C=N–C) groups is 1. The van der Waals surface area contributed by atoms with Gasteiger partial charge in [0, 0.05) is 19.2 Å². The predicted molar refractivity (Wildman–Crippen MR) is 98.4 cm³/mol. The number of fused-ring (bicyclic) bond motifs is 1. The quantitative estimate of drug-likeness (QED) is 0.613. The van der Waals surface area contributed by atoms with E-state index in [1.165, 1.54) is 18.9 Å². The number of hydrogen-bond donors (Lipinski definition) is 2. The first-order chi connectivity index (χ1) is 11.6. The Morgan fingerprint density at radius 1 is 1.29 bits per heavy atom. The van der Waals surface area contributed by atoms with Crippen LogP contribution < -0.4 is 20.3 Å². The van der Waals surface area contributed by atoms with E-state index < -0.39 is 0 Å². The summed E-state index contributed by atoms with van der Waals surface area (Å²) >= 11 is 1.51. The summed E-state index contributed by atoms with van der Waals surface area (Å²) in [7, 11) is 3.09. The molecule has 2 N–H and O–H groups in total. The van der Waals surface area contributed by atoms with Gasteiger partial charge in [-0.3, -0.25) is 9.79 Å². The molecule has 8 heteroatoms. The van der Waals surface area contributed by atoms with E-state index >= 15 is 0 Å². The van der Waals surface area contributed by atoms with Gasteiger partial charge < -0.3 is 19.8 Å². The Balaban J connectivity index is 2.32. The van der Waals surface area contributed by atoms with Gasteiger partial charge in [-0.2, -0.15) is 0 Å². The third kappa shape index (κ3) is 4.19. The summed E-state index contributed by atoms with van der Waals surface area (Å²) in [5.74, 6) is 2.16. The molecule has 0 fully saturated rings. The highest BCUT2D eigenvalue weighted by Crippen LogP contribution is 2.30. The molecule has 0 unspecified atom stereocenters. The number of aromatic nitrogens is 2. The average Bonchev–Trinajstić information content (AvgIpc) is 2.59. The predicted octanol–water partition coefficient (Wildman–Crippen LogP) is 2.16. The lowest BCUT2D eigenvalue weighted by Crippen LogP contribution is -2.21. The first kappa shape index (κ1) is 18.1. The first-order valence-corrected chi connectivity index (χ1v) is 8.67. The summed E-state index contributed by atoms with van der Waals surface area (Å²) in [5.41, 5.74) is 0.374. The highest BCUT2D eigenvalue weighted by Gasteiger charge is 2.11. The van der Waals surface area contributed by atoms with E-state index in [1.807, 2.05) is 13.8 Å². The Kier molecular flexibility index (Phi) is 6.48. The minimum Gasteiger partial charge on any atom is -0.493 e. The normalized spacial score (nSPS) is 11.6. The number of nitrogens with one attached hydrogen (secondary N) is 2. The molecule has 1 heterocycles. The van der Waals surface area contributed by atoms with Crippen molar-refractivity contribution >= 4 is 27.8 Å². The van der Waals surface area contributed by atoms with Crippen molar-refractivity contribution in [1.82, 2.24) is 15.3 Å². The van der Waals surface area contributed by atoms with E-state index in [4.69, 9.17) is 9.47 Å². The molecule has 2 aromatic rings. The molecule has 7 nitrogen and oxygen atoms in total. The number of amidine groups is 1. The Morgan fingerprint density at radius 2 is 2.00 bits per heavy atom. The minimum absolute atomic E-state index is 0.200. The Labute approximate surface area is 144 Å². The van der Waals surface area contributed by atoms with Crippen LogP contribution in [0, 0.1) is 0 Å². The topological polar surface area (TPSA) is 88.6 Å². The van der Waals surface area contributed by atoms with E-state index in [0.717, 1.165) is 11.7 Å². The maximum atomic E-state index is 12.3. The van der Waals surface area contributed by atoms with Gasteiger partial charge in [0.25, 0.3) is 5.56 Å². The molecule has 0 bridgehead atoms. The summed E-state index contributed by atoms with van der Waals surface area (Å²) in [5, 5.41) is 4.51. The molecule has 0 amide bonds. The van der Waals surface area contributed by atoms with Gasteiger partial charge in [0.2, 0.25) is 0 Å². The molecule has 0 saturated carbocycles. The second-order valence-electron chi connectivity index (χ2n) is 4.84. The Bertz CT molecular complexity index is 789. The van der Waals surface area contributed by atoms with Gasteiger partial charge in [0.05, 0.1) is 30.9 Å². The number of thioether (sulfide) groups is 1. The molecule has 0 aliphatic heterocycles. The fourth-order valence-electron chi connectivity index (χ4n) is 2.17. The van der Waals surface area contributed by atoms with Gasteiger partial charge in [0.1, 0.15) is 5.82 Å². The fraction of sp³-hybridized carbons (Fsp3) is 0.438. The van der Waals surface area contributed by atoms with Crippen molar-refractivity contribution in [2.75, 3.05) is 27.3 Å². The second-order valence-corrected chi connectivity index (χ2v) is 5.80. The van der Waals surface area contributed by atoms with Crippen LogP contribution in [-0.4, -0.2) is 42.4 Å². The zero-order valence-electron chi connectivity index (χ0n) is 14.3. The van der Waals surface area contributed by atoms with Crippen molar-refractivity contribution in [2.45, 2.75) is 19.6 Å². The van der Waals surface area contributed by atoms with Crippen molar-refractivity contribution in [3.05, 3.63) is 28.3 Å². The Hall–Kier alpha value is -2.22. The van der Waals surface area contributed by atoms with Crippen molar-refractivity contribution in [1.29, 1.82) is 0 Å². The molecule has 130 valence electrons. The highest BCUT2D eigenvalue weighted by molar-refractivity contribution is 8.13. The van der Waals surface area contributed by atoms with E-state index in [1.54, 1.807) is 19.2 Å². The third-order valence-corrected chi connectivity index (χ3v) is 4.20. The number of hydrogen-bond acceptors (Lipinski definition) is 6. The molecular formula is C16H22N4O3S. The molecule has 0 saturated heterocycles. The molecular weight excluding hydrogens is 328 g/mol. The van der Waals surface area contributed by atoms with Crippen LogP contribution in [0.25, 0.3) is 10.9 Å². The van der Waals surface area contributed by atoms with E-state index in [9.17, 15) is 4.79 Å². The lowest BCUT2D eigenvalue weighted by atomic mass is 10.2. The summed E-state index contributed by atoms with van der Waals surface area (Å²) in [6.07, 6.45) is 0. The van der Waals surface area contributed by atoms with E-state index in [2.05, 4.69) is 20.3 Å². The van der Waals surface area contributed by atoms with Gasteiger partial charge in [-0.1, -0.05) is 11.8 Å². The maximum Gasteiger partial charge on any atom is 0.258 e. The van der Waals surface area contributed by atoms with Gasteiger partial charge >= 0.3 is 0 Å². The van der Waals surface area contributed by atoms with Gasteiger partial charge in [-0.25, -0.2) is 4.98 Å². The standard InChI is InChI=1S/C16H22N4O3S/c1-5-17-16(18-6-2)24-9-14-19-11-8-13(23-4)12(22-3)7-10(11)15(21)20-14/h7-8H,5-6,9H2,1-4H3,(H,17,18)(H,19,20,21). The maximum absolute atomic E-state index is 12.3. The van der Waals surface area contributed by atoms with Crippen LogP contribution >= 0.6 is 11.8 Å². The first-order valence-electron chi connectivity index (χ1n) is 7.68. The molecule has 24 heavy (non-hydrogen) atoms. The highest BCUT2D eigenvalue weighted by atomic mass is 32.2. The van der Waals surface area contributed by atoms with Gasteiger partial charge in [0.15, 0.2) is 16.7 Å². The van der Waals surface area contributed by atoms with Crippen LogP contribution in [0.1, 0.15) is 19.7 Å². The van der Waals surface area contributed by atoms with Crippen LogP contribution in [0.5, 0.6) is 11.5 Å². The number of ether oxygens (including phenoxy) is 2. The molecule has 0 spiro atoms. The second kappa shape index (κ2) is 8.58. The summed E-state index contributed by atoms with van der Waals surface area (Å²) in [4.78, 5) is 24.0. The molecule has 2 rings (SSSR count). The van der Waals surface area contributed by atoms with Crippen LogP contribution in [0.2, 0.25) is 0 Å². The molecule has 1 aromatic heterocycles. The SMILES string of the molecule is CCN=C(NCC)SCc1nc2cc(OC)c(OC)cc2c(=O)[nH]1. The molecule has 0 radical (unpaired) electrons. The summed E-state index contributed by atoms with van der Waals surface area (Å²) in [6.45, 7) is 5.49. The van der Waals surface area contributed by atoms with Crippen molar-refractivity contribution < 1.29 is 9.47 Å². The van der Waals surface area contributed by atoms with Crippen molar-refractivity contribution in [3.63, 3.8) is 0 Å². The fourth-order valence-corrected chi connectivity index (χ4v) is 3.04. The monoisotopic (exact) mass is 350 g/mol. The number of nitrogens with zero attached hydrogens (tertiary/aromatic N) is 2. The largest absolute Gasteiger partial charge is 0.493 e. The average molecular weight is 350 g/mol. The minimum atomic E-state index is -0.200. The van der Waals surface area contributed by atoms with Crippen LogP contribution in [0.15, 0.2) is 21.9 Å². The van der Waals surface area contributed by atoms with Gasteiger partial charge in [-0.05, 0) is 19.9 Å². The van der Waals surface area contributed by atoms with Crippen molar-refractivity contribution in [3.8, 4) is 11.5 Å². The molecule has 1 aromatic carbocycles. The number of rotatable bonds is 6. The lowest BCUT2D eigenvalue weighted by molar-refractivity contribution is 0.355. The van der Waals surface area contributed by atoms with Crippen LogP contribution in [0.4, 0.5) is 0 Å². The van der Waals surface area contributed by atoms with E-state index in [0.29, 0.717) is 40.5 Å². The number of H-pyrrole nitrogens is 1. The van der Waals surface area contributed by atoms with Gasteiger partial charge in [-0.15, -0.1) is 0 Å². The number of aromatic amines is 1. The van der Waals surface area contributed by atoms with Crippen molar-refractivity contribution in [2.24, 2.45) is 4.99 Å². The summed E-state index contributed by atoms with van der Waals surface area (Å²) < 4.78 is 10.5. The van der Waals surface area contributed by atoms with E-state index in [-0.39, 0.29) is 5.56 Å². The molecule has 0 aliphatic carbocycles. The number of benzene rings is 1. The number of methoxy groups -OCH3 is 2. The zero-order chi connectivity index (χ0) is 17.5. The molecule has 0 atom stereocenters.